The van der Waals surface area contributed by atoms with Crippen molar-refractivity contribution in [3.8, 4) is 17.2 Å². The van der Waals surface area contributed by atoms with E-state index in [0.29, 0.717) is 29.0 Å². The Hall–Kier alpha value is -2.13. The van der Waals surface area contributed by atoms with Crippen LogP contribution in [0.5, 0.6) is 17.2 Å². The molecule has 2 fully saturated rings. The number of ether oxygens (including phenoxy) is 3. The number of methoxy groups -OCH3 is 3. The van der Waals surface area contributed by atoms with Crippen molar-refractivity contribution in [3.05, 3.63) is 117 Å². The fourth-order valence-electron chi connectivity index (χ4n) is 11.7. The number of benzene rings is 4. The van der Waals surface area contributed by atoms with Crippen LogP contribution in [0.15, 0.2) is 78.6 Å². The number of carbonyl (C=O) groups excluding carboxylic acids is 1. The van der Waals surface area contributed by atoms with Gasteiger partial charge < -0.3 is 14.2 Å². The van der Waals surface area contributed by atoms with Crippen LogP contribution in [0.1, 0.15) is 106 Å². The summed E-state index contributed by atoms with van der Waals surface area (Å²) in [6.07, 6.45) is 8.27. The molecule has 8 heteroatoms. The summed E-state index contributed by atoms with van der Waals surface area (Å²) in [7, 11) is 5.19. The molecule has 1 spiro atoms. The van der Waals surface area contributed by atoms with Crippen LogP contribution in [0.4, 0.5) is 0 Å². The monoisotopic (exact) mass is 1070 g/mol. The Morgan fingerprint density at radius 2 is 1.02 bits per heavy atom. The minimum atomic E-state index is 0.00997. The van der Waals surface area contributed by atoms with Crippen LogP contribution in [-0.2, 0) is 35.9 Å². The van der Waals surface area contributed by atoms with Gasteiger partial charge in [-0.2, -0.15) is 0 Å². The third kappa shape index (κ3) is 8.60. The maximum absolute atomic E-state index is 13.6. The van der Waals surface area contributed by atoms with Gasteiger partial charge in [0.15, 0.2) is 0 Å². The summed E-state index contributed by atoms with van der Waals surface area (Å²) < 4.78 is 21.4. The number of rotatable bonds is 7. The lowest BCUT2D eigenvalue weighted by Gasteiger charge is -2.50. The zero-order chi connectivity index (χ0) is 43.5. The Kier molecular flexibility index (Phi) is 13.6. The zero-order valence-electron chi connectivity index (χ0n) is 37.0. The molecule has 4 aliphatic rings. The number of ketones is 1. The first-order valence-corrected chi connectivity index (χ1v) is 24.8. The van der Waals surface area contributed by atoms with Gasteiger partial charge in [-0.1, -0.05) is 111 Å². The molecule has 0 saturated heterocycles. The van der Waals surface area contributed by atoms with E-state index in [0.717, 1.165) is 75.3 Å². The number of halogens is 4. The van der Waals surface area contributed by atoms with Crippen LogP contribution in [0.2, 0.25) is 0 Å². The molecule has 6 atom stereocenters. The van der Waals surface area contributed by atoms with Gasteiger partial charge in [0.25, 0.3) is 0 Å². The third-order valence-electron chi connectivity index (χ3n) is 14.9. The average molecular weight is 1070 g/mol. The molecule has 0 radical (unpaired) electrons. The van der Waals surface area contributed by atoms with Crippen molar-refractivity contribution in [1.29, 1.82) is 0 Å². The van der Waals surface area contributed by atoms with Crippen LogP contribution in [0.3, 0.4) is 0 Å². The summed E-state index contributed by atoms with van der Waals surface area (Å²) in [5, 5.41) is 0. The molecule has 0 aromatic heterocycles. The Labute approximate surface area is 393 Å². The van der Waals surface area contributed by atoms with E-state index in [9.17, 15) is 4.79 Å². The predicted molar refractivity (Wildman–Crippen MR) is 260 cm³/mol. The van der Waals surface area contributed by atoms with Gasteiger partial charge in [0, 0.05) is 40.7 Å². The Balaban J connectivity index is 0.000000182. The van der Waals surface area contributed by atoms with Crippen molar-refractivity contribution in [1.82, 2.24) is 0 Å². The second kappa shape index (κ2) is 17.8. The minimum Gasteiger partial charge on any atom is -0.497 e. The van der Waals surface area contributed by atoms with Crippen molar-refractivity contribution in [2.75, 3.05) is 21.3 Å². The second-order valence-corrected chi connectivity index (χ2v) is 23.6. The van der Waals surface area contributed by atoms with Crippen LogP contribution in [-0.4, -0.2) is 27.1 Å². The summed E-state index contributed by atoms with van der Waals surface area (Å²) >= 11 is 15.2. The maximum Gasteiger partial charge on any atom is 0.139 e. The molecule has 0 amide bonds. The zero-order valence-corrected chi connectivity index (χ0v) is 43.4. The van der Waals surface area contributed by atoms with Gasteiger partial charge in [-0.3, -0.25) is 4.79 Å². The SMILES string of the molecule is COc1ccc(Br)c(C[C@@H]2CC(C(C)(C)C)C[C@@H](Cc3cc(OC)ccc3Br)C2=O)c1.COc1ccc(Br)c2c1[C@@]13c4c(C)ccc(Br)c4C[C@@H]1CC(C(C)(C)C)C[C@H]3C2. The molecule has 322 valence electrons. The average Bonchev–Trinajstić information content (AvgIpc) is 3.75. The van der Waals surface area contributed by atoms with Gasteiger partial charge in [0.05, 0.1) is 21.3 Å². The smallest absolute Gasteiger partial charge is 0.139 e. The first kappa shape index (κ1) is 45.9. The largest absolute Gasteiger partial charge is 0.497 e. The van der Waals surface area contributed by atoms with Crippen LogP contribution < -0.4 is 14.2 Å². The molecule has 4 aromatic carbocycles. The molecule has 0 N–H and O–H groups in total. The van der Waals surface area contributed by atoms with Crippen molar-refractivity contribution in [3.63, 3.8) is 0 Å². The van der Waals surface area contributed by atoms with E-state index in [1.807, 2.05) is 43.5 Å². The van der Waals surface area contributed by atoms with Gasteiger partial charge in [-0.05, 0) is 181 Å². The van der Waals surface area contributed by atoms with Crippen molar-refractivity contribution in [2.24, 2.45) is 46.3 Å². The van der Waals surface area contributed by atoms with E-state index >= 15 is 0 Å². The summed E-state index contributed by atoms with van der Waals surface area (Å²) in [6.45, 7) is 16.5. The van der Waals surface area contributed by atoms with E-state index < -0.39 is 0 Å². The fraction of sp³-hybridized carbons (Fsp3) is 0.519. The van der Waals surface area contributed by atoms with Crippen molar-refractivity contribution in [2.45, 2.75) is 105 Å². The molecular formula is C52H62Br4O4. The highest BCUT2D eigenvalue weighted by molar-refractivity contribution is 9.11. The number of aryl methyl sites for hydroxylation is 1. The topological polar surface area (TPSA) is 44.8 Å². The van der Waals surface area contributed by atoms with E-state index in [4.69, 9.17) is 14.2 Å². The molecule has 4 aliphatic carbocycles. The standard InChI is InChI=1S/C26H32Br2O3.C26H30Br2O/c1-26(2,3)20-12-18(10-16-14-21(30-4)6-8-23(16)27)25(29)19(13-20)11-17-15-22(31-5)7-9-24(17)28;1-14-6-7-20(27)18-12-16-10-15(25(2,3)4)11-17-13-19-21(28)8-9-22(29-5)24(19)26(16,17)23(14)18/h6-9,14-15,18-20H,10-13H2,1-5H3;6-9,15-17H,10-13H2,1-5H3/t18-,19-;15?,16-,17-,26-/m10/s1. The molecule has 0 bridgehead atoms. The van der Waals surface area contributed by atoms with E-state index in [1.165, 1.54) is 44.9 Å². The number of hydrogen-bond acceptors (Lipinski definition) is 4. The molecule has 60 heavy (non-hydrogen) atoms. The van der Waals surface area contributed by atoms with Gasteiger partial charge in [0.1, 0.15) is 23.0 Å². The summed E-state index contributed by atoms with van der Waals surface area (Å²) in [4.78, 5) is 13.6. The van der Waals surface area contributed by atoms with Gasteiger partial charge in [-0.25, -0.2) is 0 Å². The molecule has 0 heterocycles. The number of fused-ring (bicyclic) bond motifs is 2. The van der Waals surface area contributed by atoms with Crippen LogP contribution in [0, 0.1) is 53.3 Å². The van der Waals surface area contributed by atoms with Crippen LogP contribution >= 0.6 is 63.7 Å². The van der Waals surface area contributed by atoms with Gasteiger partial charge >= 0.3 is 0 Å². The number of hydrogen-bond donors (Lipinski definition) is 0. The van der Waals surface area contributed by atoms with E-state index in [2.05, 4.69) is 136 Å². The predicted octanol–water partition coefficient (Wildman–Crippen LogP) is 14.9. The molecular weight excluding hydrogens is 1010 g/mol. The molecule has 8 rings (SSSR count). The molecule has 2 saturated carbocycles. The molecule has 1 unspecified atom stereocenters. The normalized spacial score (nSPS) is 25.7. The number of Topliss-reactive ketones (excluding diaryl/α,β-unsaturated/α-hetero) is 1. The first-order valence-electron chi connectivity index (χ1n) is 21.6. The maximum atomic E-state index is 13.6. The van der Waals surface area contributed by atoms with Gasteiger partial charge in [-0.15, -0.1) is 0 Å². The lowest BCUT2D eigenvalue weighted by atomic mass is 9.53. The summed E-state index contributed by atoms with van der Waals surface area (Å²) in [6, 6.07) is 20.9. The lowest BCUT2D eigenvalue weighted by molar-refractivity contribution is -0.131. The van der Waals surface area contributed by atoms with Gasteiger partial charge in [0.2, 0.25) is 0 Å². The van der Waals surface area contributed by atoms with E-state index in [1.54, 1.807) is 25.3 Å². The Bertz CT molecular complexity index is 2170. The highest BCUT2D eigenvalue weighted by Crippen LogP contribution is 2.68. The molecule has 4 nitrogen and oxygen atoms in total. The fourth-order valence-corrected chi connectivity index (χ4v) is 13.5. The minimum absolute atomic E-state index is 0.00997. The van der Waals surface area contributed by atoms with Crippen LogP contribution in [0.25, 0.3) is 0 Å². The Morgan fingerprint density at radius 3 is 1.47 bits per heavy atom. The van der Waals surface area contributed by atoms with Crippen molar-refractivity contribution >= 4 is 69.5 Å². The highest BCUT2D eigenvalue weighted by atomic mass is 79.9. The summed E-state index contributed by atoms with van der Waals surface area (Å²) in [5.74, 6) is 5.67. The molecule has 0 aliphatic heterocycles. The second-order valence-electron chi connectivity index (χ2n) is 20.2. The Morgan fingerprint density at radius 1 is 0.583 bits per heavy atom. The van der Waals surface area contributed by atoms with E-state index in [-0.39, 0.29) is 22.7 Å². The number of carbonyl (C=O) groups is 1. The lowest BCUT2D eigenvalue weighted by Crippen LogP contribution is -2.46. The summed E-state index contributed by atoms with van der Waals surface area (Å²) in [5.41, 5.74) is 10.4. The first-order chi connectivity index (χ1) is 28.3. The quantitative estimate of drug-likeness (QED) is 0.185. The highest BCUT2D eigenvalue weighted by Gasteiger charge is 2.62. The third-order valence-corrected chi connectivity index (χ3v) is 17.9. The van der Waals surface area contributed by atoms with Crippen molar-refractivity contribution < 1.29 is 19.0 Å². The molecule has 4 aromatic rings.